The summed E-state index contributed by atoms with van der Waals surface area (Å²) in [6.07, 6.45) is 1.42. The molecule has 110 valence electrons. The summed E-state index contributed by atoms with van der Waals surface area (Å²) in [7, 11) is 0. The van der Waals surface area contributed by atoms with Crippen molar-refractivity contribution in [2.24, 2.45) is 0 Å². The lowest BCUT2D eigenvalue weighted by molar-refractivity contribution is 0.102. The van der Waals surface area contributed by atoms with E-state index in [4.69, 9.17) is 11.6 Å². The summed E-state index contributed by atoms with van der Waals surface area (Å²) in [4.78, 5) is 12.3. The molecule has 1 heterocycles. The molecule has 0 fully saturated rings. The van der Waals surface area contributed by atoms with Gasteiger partial charge in [0.05, 0.1) is 16.3 Å². The summed E-state index contributed by atoms with van der Waals surface area (Å²) in [5, 5.41) is 23.1. The van der Waals surface area contributed by atoms with Crippen LogP contribution in [0.3, 0.4) is 0 Å². The van der Waals surface area contributed by atoms with Crippen molar-refractivity contribution in [3.63, 3.8) is 0 Å². The van der Waals surface area contributed by atoms with Crippen LogP contribution in [0.15, 0.2) is 48.8 Å². The van der Waals surface area contributed by atoms with Gasteiger partial charge in [0.1, 0.15) is 12.1 Å². The number of hydrogen-bond acceptors (Lipinski definition) is 5. The number of phenolic OH excluding ortho intramolecular Hbond substituents is 1. The SMILES string of the molecule is O=C(Nc1ccc(O)cc1)c1cc(-n2cnnn2)ccc1Cl. The first-order valence-electron chi connectivity index (χ1n) is 6.27. The number of hydrogen-bond donors (Lipinski definition) is 2. The molecule has 7 nitrogen and oxygen atoms in total. The second-order valence-corrected chi connectivity index (χ2v) is 4.83. The van der Waals surface area contributed by atoms with Gasteiger partial charge in [0.15, 0.2) is 0 Å². The van der Waals surface area contributed by atoms with Crippen molar-refractivity contribution < 1.29 is 9.90 Å². The summed E-state index contributed by atoms with van der Waals surface area (Å²) < 4.78 is 1.42. The van der Waals surface area contributed by atoms with Crippen molar-refractivity contribution in [1.82, 2.24) is 20.2 Å². The molecule has 0 aliphatic rings. The van der Waals surface area contributed by atoms with Gasteiger partial charge in [0.25, 0.3) is 5.91 Å². The molecule has 0 saturated carbocycles. The first-order valence-corrected chi connectivity index (χ1v) is 6.64. The molecule has 0 atom stereocenters. The lowest BCUT2D eigenvalue weighted by Crippen LogP contribution is -2.13. The quantitative estimate of drug-likeness (QED) is 0.723. The summed E-state index contributed by atoms with van der Waals surface area (Å²) >= 11 is 6.08. The van der Waals surface area contributed by atoms with Crippen LogP contribution >= 0.6 is 11.6 Å². The molecule has 1 aromatic heterocycles. The van der Waals surface area contributed by atoms with Gasteiger partial charge in [-0.3, -0.25) is 4.79 Å². The van der Waals surface area contributed by atoms with E-state index in [1.807, 2.05) is 0 Å². The third-order valence-corrected chi connectivity index (χ3v) is 3.26. The van der Waals surface area contributed by atoms with E-state index in [-0.39, 0.29) is 11.7 Å². The molecule has 0 unspecified atom stereocenters. The number of halogens is 1. The Morgan fingerprint density at radius 3 is 2.64 bits per heavy atom. The number of nitrogens with one attached hydrogen (secondary N) is 1. The predicted molar refractivity (Wildman–Crippen MR) is 80.2 cm³/mol. The molecule has 0 bridgehead atoms. The van der Waals surface area contributed by atoms with Crippen LogP contribution in [0.1, 0.15) is 10.4 Å². The average molecular weight is 316 g/mol. The fourth-order valence-electron chi connectivity index (χ4n) is 1.85. The minimum atomic E-state index is -0.370. The second-order valence-electron chi connectivity index (χ2n) is 4.42. The maximum atomic E-state index is 12.3. The van der Waals surface area contributed by atoms with Gasteiger partial charge in [-0.2, -0.15) is 0 Å². The molecule has 3 rings (SSSR count). The molecule has 0 saturated heterocycles. The van der Waals surface area contributed by atoms with Gasteiger partial charge in [0.2, 0.25) is 0 Å². The number of carbonyl (C=O) groups excluding carboxylic acids is 1. The van der Waals surface area contributed by atoms with Crippen molar-refractivity contribution in [3.8, 4) is 11.4 Å². The van der Waals surface area contributed by atoms with Crippen LogP contribution in [0.5, 0.6) is 5.75 Å². The largest absolute Gasteiger partial charge is 0.508 e. The standard InChI is InChI=1S/C14H10ClN5O2/c15-13-6-3-10(20-8-16-18-19-20)7-12(13)14(22)17-9-1-4-11(21)5-2-9/h1-8,21H,(H,17,22). The van der Waals surface area contributed by atoms with Crippen molar-refractivity contribution in [2.75, 3.05) is 5.32 Å². The Hall–Kier alpha value is -2.93. The van der Waals surface area contributed by atoms with E-state index >= 15 is 0 Å². The van der Waals surface area contributed by atoms with Crippen molar-refractivity contribution in [1.29, 1.82) is 0 Å². The smallest absolute Gasteiger partial charge is 0.257 e. The third kappa shape index (κ3) is 2.89. The number of benzene rings is 2. The Balaban J connectivity index is 1.88. The first-order chi connectivity index (χ1) is 10.6. The Morgan fingerprint density at radius 2 is 1.95 bits per heavy atom. The topological polar surface area (TPSA) is 92.9 Å². The zero-order chi connectivity index (χ0) is 15.5. The van der Waals surface area contributed by atoms with Crippen LogP contribution in [0.4, 0.5) is 5.69 Å². The van der Waals surface area contributed by atoms with Gasteiger partial charge in [-0.05, 0) is 52.9 Å². The Morgan fingerprint density at radius 1 is 1.18 bits per heavy atom. The van der Waals surface area contributed by atoms with Crippen LogP contribution < -0.4 is 5.32 Å². The fourth-order valence-corrected chi connectivity index (χ4v) is 2.06. The zero-order valence-electron chi connectivity index (χ0n) is 11.1. The average Bonchev–Trinajstić information content (AvgIpc) is 3.04. The molecule has 1 amide bonds. The van der Waals surface area contributed by atoms with Gasteiger partial charge < -0.3 is 10.4 Å². The molecule has 0 spiro atoms. The Bertz CT molecular complexity index is 803. The molecular formula is C14H10ClN5O2. The van der Waals surface area contributed by atoms with Crippen LogP contribution in [0.2, 0.25) is 5.02 Å². The number of phenols is 1. The summed E-state index contributed by atoms with van der Waals surface area (Å²) in [6, 6.07) is 11.0. The van der Waals surface area contributed by atoms with Crippen LogP contribution in [-0.4, -0.2) is 31.2 Å². The highest BCUT2D eigenvalue weighted by molar-refractivity contribution is 6.34. The van der Waals surface area contributed by atoms with Crippen LogP contribution in [0.25, 0.3) is 5.69 Å². The molecular weight excluding hydrogens is 306 g/mol. The predicted octanol–water partition coefficient (Wildman–Crippen LogP) is 2.27. The molecule has 2 N–H and O–H groups in total. The monoisotopic (exact) mass is 315 g/mol. The highest BCUT2D eigenvalue weighted by Gasteiger charge is 2.13. The number of tetrazole rings is 1. The van der Waals surface area contributed by atoms with Crippen molar-refractivity contribution in [2.45, 2.75) is 0 Å². The number of aromatic hydroxyl groups is 1. The van der Waals surface area contributed by atoms with Gasteiger partial charge in [0, 0.05) is 5.69 Å². The molecule has 22 heavy (non-hydrogen) atoms. The molecule has 2 aromatic carbocycles. The van der Waals surface area contributed by atoms with E-state index in [0.29, 0.717) is 22.0 Å². The fraction of sp³-hybridized carbons (Fsp3) is 0. The highest BCUT2D eigenvalue weighted by Crippen LogP contribution is 2.21. The molecule has 0 aliphatic carbocycles. The van der Waals surface area contributed by atoms with Crippen LogP contribution in [-0.2, 0) is 0 Å². The normalized spacial score (nSPS) is 10.4. The van der Waals surface area contributed by atoms with Gasteiger partial charge >= 0.3 is 0 Å². The number of anilines is 1. The Labute approximate surface area is 130 Å². The van der Waals surface area contributed by atoms with Crippen molar-refractivity contribution in [3.05, 3.63) is 59.4 Å². The van der Waals surface area contributed by atoms with E-state index in [9.17, 15) is 9.90 Å². The van der Waals surface area contributed by atoms with E-state index in [2.05, 4.69) is 20.8 Å². The molecule has 0 radical (unpaired) electrons. The minimum Gasteiger partial charge on any atom is -0.508 e. The van der Waals surface area contributed by atoms with Crippen molar-refractivity contribution >= 4 is 23.2 Å². The molecule has 3 aromatic rings. The second kappa shape index (κ2) is 5.82. The van der Waals surface area contributed by atoms with Gasteiger partial charge in [-0.25, -0.2) is 4.68 Å². The van der Waals surface area contributed by atoms with E-state index in [0.717, 1.165) is 0 Å². The first kappa shape index (κ1) is 14.0. The van der Waals surface area contributed by atoms with Crippen LogP contribution in [0, 0.1) is 0 Å². The Kier molecular flexibility index (Phi) is 3.71. The zero-order valence-corrected chi connectivity index (χ0v) is 11.9. The summed E-state index contributed by atoms with van der Waals surface area (Å²) in [5.74, 6) is -0.248. The summed E-state index contributed by atoms with van der Waals surface area (Å²) in [6.45, 7) is 0. The number of aromatic nitrogens is 4. The molecule has 8 heteroatoms. The van der Waals surface area contributed by atoms with E-state index in [1.54, 1.807) is 30.3 Å². The number of rotatable bonds is 3. The maximum Gasteiger partial charge on any atom is 0.257 e. The van der Waals surface area contributed by atoms with E-state index < -0.39 is 0 Å². The summed E-state index contributed by atoms with van der Waals surface area (Å²) in [5.41, 5.74) is 1.46. The number of amides is 1. The number of nitrogens with zero attached hydrogens (tertiary/aromatic N) is 4. The highest BCUT2D eigenvalue weighted by atomic mass is 35.5. The van der Waals surface area contributed by atoms with Gasteiger partial charge in [-0.1, -0.05) is 11.6 Å². The number of carbonyl (C=O) groups is 1. The van der Waals surface area contributed by atoms with Gasteiger partial charge in [-0.15, -0.1) is 5.10 Å². The lowest BCUT2D eigenvalue weighted by Gasteiger charge is -2.08. The third-order valence-electron chi connectivity index (χ3n) is 2.93. The van der Waals surface area contributed by atoms with E-state index in [1.165, 1.54) is 23.1 Å². The lowest BCUT2D eigenvalue weighted by atomic mass is 10.1. The maximum absolute atomic E-state index is 12.3. The minimum absolute atomic E-state index is 0.122. The molecule has 0 aliphatic heterocycles.